The number of hydrogen-bond donors (Lipinski definition) is 1. The summed E-state index contributed by atoms with van der Waals surface area (Å²) in [4.78, 5) is 0. The van der Waals surface area contributed by atoms with E-state index in [1.807, 2.05) is 0 Å². The molecule has 1 saturated carbocycles. The number of rotatable bonds is 8. The van der Waals surface area contributed by atoms with E-state index in [0.29, 0.717) is 18.2 Å². The smallest absolute Gasteiger partial charge is 0.422 e. The second kappa shape index (κ2) is 8.21. The Balaban J connectivity index is 1.66. The highest BCUT2D eigenvalue weighted by atomic mass is 19.4. The van der Waals surface area contributed by atoms with Gasteiger partial charge in [0.25, 0.3) is 0 Å². The van der Waals surface area contributed by atoms with Crippen LogP contribution >= 0.6 is 0 Å². The summed E-state index contributed by atoms with van der Waals surface area (Å²) in [6.07, 6.45) is -1.96. The average Bonchev–Trinajstić information content (AvgIpc) is 3.46. The molecule has 6 heteroatoms. The van der Waals surface area contributed by atoms with Gasteiger partial charge < -0.3 is 14.8 Å². The number of nitrogens with one attached hydrogen (secondary N) is 1. The third kappa shape index (κ3) is 5.63. The number of hydrogen-bond acceptors (Lipinski definition) is 3. The van der Waals surface area contributed by atoms with Crippen molar-refractivity contribution in [1.82, 2.24) is 5.32 Å². The van der Waals surface area contributed by atoms with Gasteiger partial charge in [-0.2, -0.15) is 13.2 Å². The van der Waals surface area contributed by atoms with Gasteiger partial charge in [0.05, 0.1) is 7.11 Å². The normalized spacial score (nSPS) is 15.4. The van der Waals surface area contributed by atoms with E-state index >= 15 is 0 Å². The Hall–Kier alpha value is -2.21. The van der Waals surface area contributed by atoms with Gasteiger partial charge in [0.15, 0.2) is 18.1 Å². The second-order valence-corrected chi connectivity index (χ2v) is 7.00. The Morgan fingerprint density at radius 2 is 1.78 bits per heavy atom. The molecule has 0 saturated heterocycles. The van der Waals surface area contributed by atoms with Crippen molar-refractivity contribution in [3.63, 3.8) is 0 Å². The minimum absolute atomic E-state index is 0.0934. The Bertz CT molecular complexity index is 755. The molecular formula is C21H24F3NO2. The Kier molecular flexibility index (Phi) is 5.95. The highest BCUT2D eigenvalue weighted by Gasteiger charge is 2.32. The summed E-state index contributed by atoms with van der Waals surface area (Å²) < 4.78 is 47.1. The van der Waals surface area contributed by atoms with E-state index in [4.69, 9.17) is 9.47 Å². The topological polar surface area (TPSA) is 30.5 Å². The van der Waals surface area contributed by atoms with Crippen LogP contribution in [0.1, 0.15) is 35.6 Å². The molecule has 2 aromatic carbocycles. The zero-order valence-corrected chi connectivity index (χ0v) is 15.5. The molecule has 0 amide bonds. The fourth-order valence-corrected chi connectivity index (χ4v) is 3.09. The summed E-state index contributed by atoms with van der Waals surface area (Å²) in [6, 6.07) is 13.8. The van der Waals surface area contributed by atoms with E-state index in [0.717, 1.165) is 5.56 Å². The van der Waals surface area contributed by atoms with Gasteiger partial charge in [0.2, 0.25) is 0 Å². The lowest BCUT2D eigenvalue weighted by molar-refractivity contribution is -0.153. The molecule has 0 radical (unpaired) electrons. The maximum absolute atomic E-state index is 12.4. The molecule has 0 heterocycles. The van der Waals surface area contributed by atoms with Crippen LogP contribution < -0.4 is 14.8 Å². The van der Waals surface area contributed by atoms with Crippen LogP contribution in [0, 0.1) is 12.8 Å². The largest absolute Gasteiger partial charge is 0.493 e. The fraction of sp³-hybridized carbons (Fsp3) is 0.429. The molecule has 1 N–H and O–H groups in total. The van der Waals surface area contributed by atoms with Gasteiger partial charge in [-0.1, -0.05) is 35.9 Å². The van der Waals surface area contributed by atoms with Gasteiger partial charge in [-0.3, -0.25) is 0 Å². The van der Waals surface area contributed by atoms with E-state index in [1.54, 1.807) is 12.1 Å². The molecule has 1 unspecified atom stereocenters. The summed E-state index contributed by atoms with van der Waals surface area (Å²) in [5.41, 5.74) is 3.43. The van der Waals surface area contributed by atoms with Crippen molar-refractivity contribution in [2.24, 2.45) is 5.92 Å². The molecule has 0 aliphatic heterocycles. The Morgan fingerprint density at radius 3 is 2.37 bits per heavy atom. The maximum Gasteiger partial charge on any atom is 0.422 e. The highest BCUT2D eigenvalue weighted by Crippen LogP contribution is 2.41. The van der Waals surface area contributed by atoms with Crippen LogP contribution in [0.25, 0.3) is 0 Å². The number of ether oxygens (including phenoxy) is 2. The van der Waals surface area contributed by atoms with E-state index in [-0.39, 0.29) is 11.8 Å². The summed E-state index contributed by atoms with van der Waals surface area (Å²) in [5.74, 6) is 1.02. The molecule has 0 spiro atoms. The predicted octanol–water partition coefficient (Wildman–Crippen LogP) is 5.19. The van der Waals surface area contributed by atoms with Crippen LogP contribution in [-0.4, -0.2) is 19.9 Å². The number of alkyl halides is 3. The lowest BCUT2D eigenvalue weighted by Crippen LogP contribution is -2.23. The van der Waals surface area contributed by atoms with Crippen LogP contribution in [-0.2, 0) is 6.54 Å². The van der Waals surface area contributed by atoms with Crippen LogP contribution in [0.3, 0.4) is 0 Å². The van der Waals surface area contributed by atoms with Crippen molar-refractivity contribution in [2.45, 2.75) is 38.5 Å². The predicted molar refractivity (Wildman–Crippen MR) is 98.0 cm³/mol. The summed E-state index contributed by atoms with van der Waals surface area (Å²) in [5, 5.41) is 3.58. The van der Waals surface area contributed by atoms with Gasteiger partial charge in [-0.05, 0) is 48.9 Å². The third-order valence-corrected chi connectivity index (χ3v) is 4.68. The van der Waals surface area contributed by atoms with Gasteiger partial charge >= 0.3 is 6.18 Å². The number of methoxy groups -OCH3 is 1. The maximum atomic E-state index is 12.4. The summed E-state index contributed by atoms with van der Waals surface area (Å²) in [6.45, 7) is 1.33. The SMILES string of the molecule is COc1cc(CNC(c2ccc(C)cc2)C2CC2)ccc1OCC(F)(F)F. The average molecular weight is 379 g/mol. The Labute approximate surface area is 157 Å². The molecule has 3 rings (SSSR count). The molecule has 146 valence electrons. The van der Waals surface area contributed by atoms with Crippen LogP contribution in [0.2, 0.25) is 0 Å². The van der Waals surface area contributed by atoms with Gasteiger partial charge in [0, 0.05) is 12.6 Å². The van der Waals surface area contributed by atoms with E-state index in [1.165, 1.54) is 37.1 Å². The van der Waals surface area contributed by atoms with E-state index < -0.39 is 12.8 Å². The minimum atomic E-state index is -4.38. The molecule has 1 atom stereocenters. The number of benzene rings is 2. The molecule has 2 aromatic rings. The standard InChI is InChI=1S/C21H24F3NO2/c1-14-3-6-16(7-4-14)20(17-8-9-17)25-12-15-5-10-18(19(11-15)26-2)27-13-21(22,23)24/h3-7,10-11,17,20,25H,8-9,12-13H2,1-2H3. The zero-order chi connectivity index (χ0) is 19.4. The van der Waals surface area contributed by atoms with Crippen molar-refractivity contribution in [1.29, 1.82) is 0 Å². The molecule has 1 aliphatic carbocycles. The fourth-order valence-electron chi connectivity index (χ4n) is 3.09. The first-order valence-corrected chi connectivity index (χ1v) is 9.02. The van der Waals surface area contributed by atoms with Crippen molar-refractivity contribution in [3.05, 3.63) is 59.2 Å². The minimum Gasteiger partial charge on any atom is -0.493 e. The molecule has 3 nitrogen and oxygen atoms in total. The van der Waals surface area contributed by atoms with Crippen molar-refractivity contribution in [3.8, 4) is 11.5 Å². The first-order valence-electron chi connectivity index (χ1n) is 9.02. The zero-order valence-electron chi connectivity index (χ0n) is 15.5. The summed E-state index contributed by atoms with van der Waals surface area (Å²) in [7, 11) is 1.42. The number of aryl methyl sites for hydroxylation is 1. The lowest BCUT2D eigenvalue weighted by Gasteiger charge is -2.20. The Morgan fingerprint density at radius 1 is 1.07 bits per heavy atom. The molecule has 0 bridgehead atoms. The van der Waals surface area contributed by atoms with Crippen LogP contribution in [0.5, 0.6) is 11.5 Å². The molecular weight excluding hydrogens is 355 g/mol. The first kappa shape index (κ1) is 19.5. The molecule has 1 fully saturated rings. The summed E-state index contributed by atoms with van der Waals surface area (Å²) >= 11 is 0. The third-order valence-electron chi connectivity index (χ3n) is 4.68. The van der Waals surface area contributed by atoms with E-state index in [9.17, 15) is 13.2 Å². The molecule has 27 heavy (non-hydrogen) atoms. The quantitative estimate of drug-likeness (QED) is 0.685. The second-order valence-electron chi connectivity index (χ2n) is 7.00. The van der Waals surface area contributed by atoms with Gasteiger partial charge in [-0.25, -0.2) is 0 Å². The van der Waals surface area contributed by atoms with Crippen molar-refractivity contribution < 1.29 is 22.6 Å². The van der Waals surface area contributed by atoms with Gasteiger partial charge in [0.1, 0.15) is 0 Å². The molecule has 0 aromatic heterocycles. The van der Waals surface area contributed by atoms with Crippen molar-refractivity contribution in [2.75, 3.05) is 13.7 Å². The van der Waals surface area contributed by atoms with Crippen molar-refractivity contribution >= 4 is 0 Å². The first-order chi connectivity index (χ1) is 12.9. The monoisotopic (exact) mass is 379 g/mol. The highest BCUT2D eigenvalue weighted by molar-refractivity contribution is 5.43. The lowest BCUT2D eigenvalue weighted by atomic mass is 10.0. The van der Waals surface area contributed by atoms with Gasteiger partial charge in [-0.15, -0.1) is 0 Å². The van der Waals surface area contributed by atoms with Crippen LogP contribution in [0.4, 0.5) is 13.2 Å². The van der Waals surface area contributed by atoms with Crippen LogP contribution in [0.15, 0.2) is 42.5 Å². The number of halogens is 3. The molecule has 1 aliphatic rings. The van der Waals surface area contributed by atoms with E-state index in [2.05, 4.69) is 36.5 Å².